The summed E-state index contributed by atoms with van der Waals surface area (Å²) < 4.78 is 43.4. The lowest BCUT2D eigenvalue weighted by atomic mass is 9.92. The second-order valence-electron chi connectivity index (χ2n) is 7.12. The third kappa shape index (κ3) is 3.76. The molecule has 3 heterocycles. The van der Waals surface area contributed by atoms with Crippen LogP contribution >= 0.6 is 0 Å². The van der Waals surface area contributed by atoms with E-state index in [0.717, 1.165) is 18.6 Å². The molecule has 0 saturated carbocycles. The van der Waals surface area contributed by atoms with E-state index in [4.69, 9.17) is 4.74 Å². The van der Waals surface area contributed by atoms with Crippen LogP contribution in [0.5, 0.6) is 5.75 Å². The van der Waals surface area contributed by atoms with Crippen molar-refractivity contribution in [3.8, 4) is 17.0 Å². The molecule has 4 rings (SSSR count). The number of alkyl halides is 3. The van der Waals surface area contributed by atoms with Gasteiger partial charge in [-0.3, -0.25) is 0 Å². The van der Waals surface area contributed by atoms with Crippen LogP contribution in [0.1, 0.15) is 17.7 Å². The van der Waals surface area contributed by atoms with Gasteiger partial charge in [-0.15, -0.1) is 10.2 Å². The number of nitrogens with zero attached hydrogens (tertiary/aromatic N) is 4. The number of carbonyl (C=O) groups excluding carboxylic acids is 1. The van der Waals surface area contributed by atoms with Crippen LogP contribution in [0.4, 0.5) is 23.9 Å². The number of carbonyl (C=O) groups is 1. The zero-order chi connectivity index (χ0) is 20.8. The summed E-state index contributed by atoms with van der Waals surface area (Å²) in [5.74, 6) is 0.0377. The number of nitrogens with one attached hydrogen (secondary N) is 1. The van der Waals surface area contributed by atoms with Gasteiger partial charge in [0, 0.05) is 24.6 Å². The molecule has 154 valence electrons. The van der Waals surface area contributed by atoms with Crippen molar-refractivity contribution in [2.75, 3.05) is 24.6 Å². The monoisotopic (exact) mass is 409 g/mol. The first-order chi connectivity index (χ1) is 13.7. The minimum absolute atomic E-state index is 0.0764. The maximum atomic E-state index is 12.8. The molecule has 11 heteroatoms. The van der Waals surface area contributed by atoms with Gasteiger partial charge in [0.2, 0.25) is 5.95 Å². The topological polar surface area (TPSA) is 100 Å². The third-order valence-corrected chi connectivity index (χ3v) is 5.20. The Morgan fingerprint density at radius 3 is 2.79 bits per heavy atom. The number of benzene rings is 1. The minimum atomic E-state index is -4.55. The van der Waals surface area contributed by atoms with Crippen LogP contribution in [0.25, 0.3) is 11.3 Å². The Morgan fingerprint density at radius 2 is 2.10 bits per heavy atom. The van der Waals surface area contributed by atoms with E-state index in [1.54, 1.807) is 6.92 Å². The summed E-state index contributed by atoms with van der Waals surface area (Å²) >= 11 is 0. The van der Waals surface area contributed by atoms with Gasteiger partial charge in [0.1, 0.15) is 11.4 Å². The van der Waals surface area contributed by atoms with E-state index < -0.39 is 23.6 Å². The molecule has 2 N–H and O–H groups in total. The third-order valence-electron chi connectivity index (χ3n) is 5.20. The standard InChI is InChI=1S/C18H18F3N5O3/c1-9-15(12-3-2-11(6-14(12)27)18(19,20)21)24-25-16(22-9)26-5-4-10-8-29-17(28)23-13(10)7-26/h2-3,6,10,13,27H,4-5,7-8H2,1H3,(H,23,28)/t10-,13+/m0/s1. The Morgan fingerprint density at radius 1 is 1.31 bits per heavy atom. The number of aryl methyl sites for hydroxylation is 1. The molecule has 8 nitrogen and oxygen atoms in total. The quantitative estimate of drug-likeness (QED) is 0.786. The van der Waals surface area contributed by atoms with Crippen LogP contribution in [0, 0.1) is 12.8 Å². The van der Waals surface area contributed by atoms with Crippen LogP contribution in [0.3, 0.4) is 0 Å². The Labute approximate surface area is 163 Å². The molecule has 2 aliphatic heterocycles. The van der Waals surface area contributed by atoms with Gasteiger partial charge in [-0.05, 0) is 31.5 Å². The minimum Gasteiger partial charge on any atom is -0.507 e. The number of fused-ring (bicyclic) bond motifs is 1. The van der Waals surface area contributed by atoms with E-state index in [1.807, 2.05) is 4.90 Å². The largest absolute Gasteiger partial charge is 0.507 e. The molecule has 0 spiro atoms. The fourth-order valence-electron chi connectivity index (χ4n) is 3.60. The number of anilines is 1. The summed E-state index contributed by atoms with van der Waals surface area (Å²) in [6, 6.07) is 2.61. The highest BCUT2D eigenvalue weighted by Crippen LogP contribution is 2.36. The molecule has 2 aromatic rings. The second-order valence-corrected chi connectivity index (χ2v) is 7.12. The first-order valence-corrected chi connectivity index (χ1v) is 9.02. The highest BCUT2D eigenvalue weighted by molar-refractivity contribution is 5.69. The number of hydrogen-bond acceptors (Lipinski definition) is 7. The lowest BCUT2D eigenvalue weighted by molar-refractivity contribution is -0.137. The molecule has 2 saturated heterocycles. The van der Waals surface area contributed by atoms with E-state index in [2.05, 4.69) is 20.5 Å². The predicted octanol–water partition coefficient (Wildman–Crippen LogP) is 2.51. The van der Waals surface area contributed by atoms with Crippen molar-refractivity contribution < 1.29 is 27.8 Å². The van der Waals surface area contributed by atoms with Crippen LogP contribution in [0.15, 0.2) is 18.2 Å². The van der Waals surface area contributed by atoms with Crippen molar-refractivity contribution in [3.63, 3.8) is 0 Å². The number of aromatic hydroxyl groups is 1. The van der Waals surface area contributed by atoms with Gasteiger partial charge in [0.15, 0.2) is 0 Å². The zero-order valence-corrected chi connectivity index (χ0v) is 15.4. The van der Waals surface area contributed by atoms with Gasteiger partial charge >= 0.3 is 12.3 Å². The van der Waals surface area contributed by atoms with Crippen molar-refractivity contribution in [1.29, 1.82) is 0 Å². The molecule has 0 radical (unpaired) electrons. The number of phenolic OH excluding ortho intramolecular Hbond substituents is 1. The van der Waals surface area contributed by atoms with Crippen molar-refractivity contribution in [3.05, 3.63) is 29.5 Å². The number of phenols is 1. The Kier molecular flexibility index (Phi) is 4.67. The van der Waals surface area contributed by atoms with Gasteiger partial charge in [0.25, 0.3) is 0 Å². The first-order valence-electron chi connectivity index (χ1n) is 9.02. The van der Waals surface area contributed by atoms with Crippen LogP contribution in [-0.4, -0.2) is 52.1 Å². The van der Waals surface area contributed by atoms with E-state index in [-0.39, 0.29) is 23.2 Å². The highest BCUT2D eigenvalue weighted by atomic mass is 19.4. The highest BCUT2D eigenvalue weighted by Gasteiger charge is 2.36. The fraction of sp³-hybridized carbons (Fsp3) is 0.444. The molecule has 2 fully saturated rings. The van der Waals surface area contributed by atoms with Crippen molar-refractivity contribution in [2.45, 2.75) is 25.6 Å². The van der Waals surface area contributed by atoms with Gasteiger partial charge in [-0.1, -0.05) is 0 Å². The van der Waals surface area contributed by atoms with Crippen LogP contribution < -0.4 is 10.2 Å². The summed E-state index contributed by atoms with van der Waals surface area (Å²) in [5, 5.41) is 21.0. The van der Waals surface area contributed by atoms with Gasteiger partial charge in [-0.2, -0.15) is 13.2 Å². The average Bonchev–Trinajstić information content (AvgIpc) is 2.67. The molecule has 29 heavy (non-hydrogen) atoms. The molecule has 0 aliphatic carbocycles. The number of halogens is 3. The smallest absolute Gasteiger partial charge is 0.416 e. The predicted molar refractivity (Wildman–Crippen MR) is 95.3 cm³/mol. The Bertz CT molecular complexity index is 953. The van der Waals surface area contributed by atoms with Gasteiger partial charge in [0.05, 0.1) is 23.9 Å². The Balaban J connectivity index is 1.56. The number of hydrogen-bond donors (Lipinski definition) is 2. The first kappa shape index (κ1) is 19.2. The lowest BCUT2D eigenvalue weighted by Gasteiger charge is -2.40. The van der Waals surface area contributed by atoms with Crippen molar-refractivity contribution in [1.82, 2.24) is 20.5 Å². The second kappa shape index (κ2) is 7.05. The lowest BCUT2D eigenvalue weighted by Crippen LogP contribution is -2.57. The Hall–Kier alpha value is -3.11. The number of alkyl carbamates (subject to hydrolysis) is 1. The molecule has 2 aliphatic rings. The number of amides is 1. The summed E-state index contributed by atoms with van der Waals surface area (Å²) in [6.45, 7) is 3.19. The van der Waals surface area contributed by atoms with Crippen molar-refractivity contribution >= 4 is 12.0 Å². The summed E-state index contributed by atoms with van der Waals surface area (Å²) in [6.07, 6.45) is -4.21. The van der Waals surface area contributed by atoms with Crippen LogP contribution in [-0.2, 0) is 10.9 Å². The summed E-state index contributed by atoms with van der Waals surface area (Å²) in [4.78, 5) is 17.8. The van der Waals surface area contributed by atoms with E-state index in [9.17, 15) is 23.1 Å². The molecule has 1 aromatic carbocycles. The zero-order valence-electron chi connectivity index (χ0n) is 15.4. The number of piperidine rings is 1. The summed E-state index contributed by atoms with van der Waals surface area (Å²) in [7, 11) is 0. The average molecular weight is 409 g/mol. The van der Waals surface area contributed by atoms with Crippen LogP contribution in [0.2, 0.25) is 0 Å². The van der Waals surface area contributed by atoms with E-state index >= 15 is 0 Å². The van der Waals surface area contributed by atoms with Crippen molar-refractivity contribution in [2.24, 2.45) is 5.92 Å². The molecule has 1 aromatic heterocycles. The van der Waals surface area contributed by atoms with E-state index in [0.29, 0.717) is 37.4 Å². The maximum absolute atomic E-state index is 12.8. The number of rotatable bonds is 2. The molecule has 0 unspecified atom stereocenters. The van der Waals surface area contributed by atoms with Gasteiger partial charge < -0.3 is 20.1 Å². The number of aromatic nitrogens is 3. The molecule has 0 bridgehead atoms. The normalized spacial score (nSPS) is 21.9. The molecular formula is C18H18F3N5O3. The SMILES string of the molecule is Cc1nc(N2CC[C@H]3COC(=O)N[C@@H]3C2)nnc1-c1ccc(C(F)(F)F)cc1O. The molecule has 2 atom stereocenters. The maximum Gasteiger partial charge on any atom is 0.416 e. The molecule has 1 amide bonds. The fourth-order valence-corrected chi connectivity index (χ4v) is 3.60. The van der Waals surface area contributed by atoms with E-state index in [1.165, 1.54) is 0 Å². The number of ether oxygens (including phenoxy) is 1. The van der Waals surface area contributed by atoms with Gasteiger partial charge in [-0.25, -0.2) is 9.78 Å². The summed E-state index contributed by atoms with van der Waals surface area (Å²) in [5.41, 5.74) is -0.204. The number of cyclic esters (lactones) is 1. The molecular weight excluding hydrogens is 391 g/mol.